The van der Waals surface area contributed by atoms with Crippen molar-refractivity contribution in [2.75, 3.05) is 32.7 Å². The van der Waals surface area contributed by atoms with Crippen molar-refractivity contribution < 1.29 is 14.2 Å². The van der Waals surface area contributed by atoms with Gasteiger partial charge in [0.25, 0.3) is 0 Å². The van der Waals surface area contributed by atoms with Crippen LogP contribution in [0.1, 0.15) is 12.0 Å². The number of nitrogens with zero attached hydrogens (tertiary/aromatic N) is 1. The van der Waals surface area contributed by atoms with Crippen LogP contribution in [0.5, 0.6) is 17.2 Å². The van der Waals surface area contributed by atoms with Gasteiger partial charge < -0.3 is 25.3 Å². The van der Waals surface area contributed by atoms with E-state index in [1.54, 1.807) is 20.3 Å². The van der Waals surface area contributed by atoms with Crippen LogP contribution in [0.4, 0.5) is 5.69 Å². The van der Waals surface area contributed by atoms with Gasteiger partial charge in [-0.3, -0.25) is 4.99 Å². The molecule has 0 bridgehead atoms. The number of ether oxygens (including phenoxy) is 3. The van der Waals surface area contributed by atoms with Gasteiger partial charge in [0.1, 0.15) is 17.2 Å². The Labute approximate surface area is 171 Å². The average Bonchev–Trinajstić information content (AvgIpc) is 2.63. The Morgan fingerprint density at radius 2 is 1.58 bits per heavy atom. The minimum Gasteiger partial charge on any atom is -0.496 e. The summed E-state index contributed by atoms with van der Waals surface area (Å²) < 4.78 is 16.1. The van der Waals surface area contributed by atoms with Gasteiger partial charge in [-0.2, -0.15) is 0 Å². The third-order valence-electron chi connectivity index (χ3n) is 3.50. The SMILES string of the molecule is COc1cc(OC)cc(OCCCN=C(N)Nc2ccc(C)cc2)c1.I. The van der Waals surface area contributed by atoms with Crippen molar-refractivity contribution >= 4 is 35.6 Å². The number of guanidine groups is 1. The summed E-state index contributed by atoms with van der Waals surface area (Å²) in [6, 6.07) is 13.4. The molecule has 0 saturated carbocycles. The fourth-order valence-corrected chi connectivity index (χ4v) is 2.14. The summed E-state index contributed by atoms with van der Waals surface area (Å²) in [6.45, 7) is 3.14. The molecule has 0 atom stereocenters. The van der Waals surface area contributed by atoms with Crippen molar-refractivity contribution in [2.45, 2.75) is 13.3 Å². The first-order chi connectivity index (χ1) is 12.1. The molecule has 0 spiro atoms. The standard InChI is InChI=1S/C19H25N3O3.HI/c1-14-5-7-15(8-6-14)22-19(20)21-9-4-10-25-18-12-16(23-2)11-17(13-18)24-3;/h5-8,11-13H,4,9-10H2,1-3H3,(H3,20,21,22);1H. The molecular formula is C19H26IN3O3. The van der Waals surface area contributed by atoms with Gasteiger partial charge in [0.2, 0.25) is 0 Å². The lowest BCUT2D eigenvalue weighted by atomic mass is 10.2. The van der Waals surface area contributed by atoms with Crippen LogP contribution in [0.15, 0.2) is 47.5 Å². The van der Waals surface area contributed by atoms with E-state index in [2.05, 4.69) is 10.3 Å². The van der Waals surface area contributed by atoms with E-state index in [1.807, 2.05) is 43.3 Å². The van der Waals surface area contributed by atoms with Crippen LogP contribution in [-0.2, 0) is 0 Å². The van der Waals surface area contributed by atoms with Crippen LogP contribution in [0.2, 0.25) is 0 Å². The van der Waals surface area contributed by atoms with Gasteiger partial charge in [0.05, 0.1) is 20.8 Å². The summed E-state index contributed by atoms with van der Waals surface area (Å²) in [5.41, 5.74) is 8.00. The number of rotatable bonds is 8. The van der Waals surface area contributed by atoms with Gasteiger partial charge in [-0.1, -0.05) is 17.7 Å². The summed E-state index contributed by atoms with van der Waals surface area (Å²) in [6.07, 6.45) is 0.746. The highest BCUT2D eigenvalue weighted by Gasteiger charge is 2.02. The van der Waals surface area contributed by atoms with Gasteiger partial charge in [-0.05, 0) is 19.1 Å². The number of hydrogen-bond acceptors (Lipinski definition) is 4. The molecule has 2 rings (SSSR count). The molecule has 142 valence electrons. The second kappa shape index (κ2) is 11.5. The summed E-state index contributed by atoms with van der Waals surface area (Å²) in [5, 5.41) is 3.06. The average molecular weight is 471 g/mol. The zero-order chi connectivity index (χ0) is 18.1. The van der Waals surface area contributed by atoms with Crippen molar-refractivity contribution in [3.05, 3.63) is 48.0 Å². The summed E-state index contributed by atoms with van der Waals surface area (Å²) >= 11 is 0. The molecule has 0 aliphatic heterocycles. The zero-order valence-electron chi connectivity index (χ0n) is 15.3. The van der Waals surface area contributed by atoms with E-state index in [-0.39, 0.29) is 24.0 Å². The number of methoxy groups -OCH3 is 2. The second-order valence-corrected chi connectivity index (χ2v) is 5.51. The maximum Gasteiger partial charge on any atom is 0.193 e. The number of aliphatic imine (C=N–C) groups is 1. The van der Waals surface area contributed by atoms with E-state index >= 15 is 0 Å². The molecule has 6 nitrogen and oxygen atoms in total. The van der Waals surface area contributed by atoms with Crippen LogP contribution in [0, 0.1) is 6.92 Å². The van der Waals surface area contributed by atoms with Gasteiger partial charge in [0.15, 0.2) is 5.96 Å². The maximum absolute atomic E-state index is 5.88. The molecule has 0 aromatic heterocycles. The highest BCUT2D eigenvalue weighted by Crippen LogP contribution is 2.27. The number of hydrogen-bond donors (Lipinski definition) is 2. The highest BCUT2D eigenvalue weighted by molar-refractivity contribution is 14.0. The lowest BCUT2D eigenvalue weighted by Crippen LogP contribution is -2.23. The lowest BCUT2D eigenvalue weighted by Gasteiger charge is -2.10. The Balaban J connectivity index is 0.00000338. The largest absolute Gasteiger partial charge is 0.496 e. The molecule has 0 fully saturated rings. The van der Waals surface area contributed by atoms with Crippen molar-refractivity contribution in [3.63, 3.8) is 0 Å². The summed E-state index contributed by atoms with van der Waals surface area (Å²) in [7, 11) is 3.22. The van der Waals surface area contributed by atoms with Crippen LogP contribution in [-0.4, -0.2) is 33.3 Å². The maximum atomic E-state index is 5.88. The third-order valence-corrected chi connectivity index (χ3v) is 3.50. The number of halogens is 1. The van der Waals surface area contributed by atoms with E-state index in [1.165, 1.54) is 5.56 Å². The molecule has 0 heterocycles. The molecule has 0 aliphatic rings. The number of benzene rings is 2. The molecule has 7 heteroatoms. The monoisotopic (exact) mass is 471 g/mol. The van der Waals surface area contributed by atoms with Crippen LogP contribution in [0.3, 0.4) is 0 Å². The van der Waals surface area contributed by atoms with E-state index in [0.29, 0.717) is 36.4 Å². The molecule has 0 aliphatic carbocycles. The Bertz CT molecular complexity index is 683. The second-order valence-electron chi connectivity index (χ2n) is 5.51. The molecule has 0 radical (unpaired) electrons. The van der Waals surface area contributed by atoms with Crippen LogP contribution in [0.25, 0.3) is 0 Å². The first-order valence-corrected chi connectivity index (χ1v) is 8.10. The number of nitrogens with two attached hydrogens (primary N) is 1. The smallest absolute Gasteiger partial charge is 0.193 e. The minimum atomic E-state index is 0. The van der Waals surface area contributed by atoms with Crippen LogP contribution >= 0.6 is 24.0 Å². The zero-order valence-corrected chi connectivity index (χ0v) is 17.7. The Kier molecular flexibility index (Phi) is 9.64. The fraction of sp³-hybridized carbons (Fsp3) is 0.316. The number of aryl methyl sites for hydroxylation is 1. The van der Waals surface area contributed by atoms with Gasteiger partial charge in [-0.15, -0.1) is 24.0 Å². The lowest BCUT2D eigenvalue weighted by molar-refractivity contribution is 0.307. The van der Waals surface area contributed by atoms with Crippen molar-refractivity contribution in [3.8, 4) is 17.2 Å². The van der Waals surface area contributed by atoms with Crippen LogP contribution < -0.4 is 25.3 Å². The molecular weight excluding hydrogens is 445 g/mol. The minimum absolute atomic E-state index is 0. The topological polar surface area (TPSA) is 78.1 Å². The normalized spacial score (nSPS) is 10.7. The Hall–Kier alpha value is -2.16. The Morgan fingerprint density at radius 1 is 1.00 bits per heavy atom. The first kappa shape index (κ1) is 21.9. The van der Waals surface area contributed by atoms with Crippen molar-refractivity contribution in [1.29, 1.82) is 0 Å². The Morgan fingerprint density at radius 3 is 2.15 bits per heavy atom. The molecule has 0 unspecified atom stereocenters. The molecule has 2 aromatic rings. The van der Waals surface area contributed by atoms with Crippen molar-refractivity contribution in [1.82, 2.24) is 0 Å². The van der Waals surface area contributed by atoms with Gasteiger partial charge in [0, 0.05) is 36.9 Å². The fourth-order valence-electron chi connectivity index (χ4n) is 2.14. The third kappa shape index (κ3) is 7.38. The summed E-state index contributed by atoms with van der Waals surface area (Å²) in [5.74, 6) is 2.48. The quantitative estimate of drug-likeness (QED) is 0.265. The highest BCUT2D eigenvalue weighted by atomic mass is 127. The molecule has 26 heavy (non-hydrogen) atoms. The molecule has 3 N–H and O–H groups in total. The van der Waals surface area contributed by atoms with E-state index in [9.17, 15) is 0 Å². The first-order valence-electron chi connectivity index (χ1n) is 8.10. The number of anilines is 1. The number of nitrogens with one attached hydrogen (secondary N) is 1. The molecule has 0 saturated heterocycles. The van der Waals surface area contributed by atoms with E-state index in [0.717, 1.165) is 12.1 Å². The summed E-state index contributed by atoms with van der Waals surface area (Å²) in [4.78, 5) is 4.29. The van der Waals surface area contributed by atoms with E-state index < -0.39 is 0 Å². The van der Waals surface area contributed by atoms with E-state index in [4.69, 9.17) is 19.9 Å². The van der Waals surface area contributed by atoms with Gasteiger partial charge >= 0.3 is 0 Å². The van der Waals surface area contributed by atoms with Crippen molar-refractivity contribution in [2.24, 2.45) is 10.7 Å². The molecule has 2 aromatic carbocycles. The van der Waals surface area contributed by atoms with Gasteiger partial charge in [-0.25, -0.2) is 0 Å². The predicted molar refractivity (Wildman–Crippen MR) is 116 cm³/mol. The molecule has 0 amide bonds. The predicted octanol–water partition coefficient (Wildman–Crippen LogP) is 3.83.